The molecule has 246 valence electrons. The lowest BCUT2D eigenvalue weighted by Crippen LogP contribution is -2.31. The molecule has 0 aromatic carbocycles. The summed E-state index contributed by atoms with van der Waals surface area (Å²) in [6.45, 7) is 19.5. The van der Waals surface area contributed by atoms with Crippen molar-refractivity contribution in [3.63, 3.8) is 0 Å². The van der Waals surface area contributed by atoms with Gasteiger partial charge in [0.2, 0.25) is 0 Å². The molecule has 0 bridgehead atoms. The second-order valence-corrected chi connectivity index (χ2v) is 10.1. The number of hydrogen-bond acceptors (Lipinski definition) is 5. The fourth-order valence-corrected chi connectivity index (χ4v) is 4.56. The highest BCUT2D eigenvalue weighted by atomic mass is 16.5. The summed E-state index contributed by atoms with van der Waals surface area (Å²) in [4.78, 5) is 30.7. The van der Waals surface area contributed by atoms with E-state index in [0.29, 0.717) is 31.1 Å². The molecule has 1 heterocycles. The topological polar surface area (TPSA) is 104 Å². The third kappa shape index (κ3) is 13.2. The normalized spacial score (nSPS) is 15.1. The van der Waals surface area contributed by atoms with Crippen LogP contribution in [0.1, 0.15) is 80.8 Å². The van der Waals surface area contributed by atoms with E-state index in [0.717, 1.165) is 49.3 Å². The van der Waals surface area contributed by atoms with Crippen LogP contribution in [-0.2, 0) is 9.53 Å². The lowest BCUT2D eigenvalue weighted by Gasteiger charge is -2.23. The maximum atomic E-state index is 12.9. The van der Waals surface area contributed by atoms with E-state index in [-0.39, 0.29) is 17.4 Å². The molecule has 2 N–H and O–H groups in total. The number of fused-ring (bicyclic) bond motifs is 1. The highest BCUT2D eigenvalue weighted by Crippen LogP contribution is 2.29. The third-order valence-electron chi connectivity index (χ3n) is 7.05. The number of nitrogens with one attached hydrogen (secondary N) is 1. The van der Waals surface area contributed by atoms with Crippen LogP contribution in [0.15, 0.2) is 82.8 Å². The minimum absolute atomic E-state index is 0.0383. The van der Waals surface area contributed by atoms with Crippen LogP contribution >= 0.6 is 0 Å². The van der Waals surface area contributed by atoms with Crippen LogP contribution in [0, 0.1) is 12.8 Å². The lowest BCUT2D eigenvalue weighted by atomic mass is 10.0. The minimum Gasteiger partial charge on any atom is -0.478 e. The van der Waals surface area contributed by atoms with Crippen molar-refractivity contribution in [2.45, 2.75) is 66.4 Å². The Bertz CT molecular complexity index is 1280. The number of nitrogens with zero attached hydrogens (tertiary/aromatic N) is 2. The Kier molecular flexibility index (Phi) is 19.3. The predicted molar refractivity (Wildman–Crippen MR) is 188 cm³/mol. The quantitative estimate of drug-likeness (QED) is 0.0434. The number of furan rings is 1. The van der Waals surface area contributed by atoms with Crippen molar-refractivity contribution < 1.29 is 23.8 Å². The van der Waals surface area contributed by atoms with E-state index in [1.807, 2.05) is 70.2 Å². The van der Waals surface area contributed by atoms with Crippen LogP contribution in [0.2, 0.25) is 0 Å². The van der Waals surface area contributed by atoms with E-state index in [1.165, 1.54) is 0 Å². The number of amidine groups is 1. The van der Waals surface area contributed by atoms with Gasteiger partial charge >= 0.3 is 5.97 Å². The molecule has 1 aromatic heterocycles. The molecule has 1 aromatic rings. The van der Waals surface area contributed by atoms with Crippen molar-refractivity contribution in [1.29, 1.82) is 0 Å². The Morgan fingerprint density at radius 1 is 1.20 bits per heavy atom. The molecule has 2 rings (SSSR count). The average Bonchev–Trinajstić information content (AvgIpc) is 3.22. The smallest absolute Gasteiger partial charge is 0.333 e. The summed E-state index contributed by atoms with van der Waals surface area (Å²) >= 11 is 0. The highest BCUT2D eigenvalue weighted by Gasteiger charge is 2.21. The summed E-state index contributed by atoms with van der Waals surface area (Å²) < 4.78 is 11.7. The van der Waals surface area contributed by atoms with Crippen molar-refractivity contribution in [1.82, 2.24) is 10.2 Å². The van der Waals surface area contributed by atoms with Crippen molar-refractivity contribution in [3.8, 4) is 0 Å². The Morgan fingerprint density at radius 2 is 1.93 bits per heavy atom. The van der Waals surface area contributed by atoms with E-state index in [4.69, 9.17) is 9.15 Å². The molecule has 1 aliphatic carbocycles. The molecule has 1 aliphatic rings. The number of carbonyl (C=O) groups excluding carboxylic acids is 1. The summed E-state index contributed by atoms with van der Waals surface area (Å²) in [5.74, 6) is 0.787. The zero-order valence-corrected chi connectivity index (χ0v) is 28.1. The van der Waals surface area contributed by atoms with Gasteiger partial charge in [0.25, 0.3) is 5.91 Å². The molecule has 0 aliphatic heterocycles. The number of unbranched alkanes of at least 4 members (excludes halogenated alkanes) is 1. The molecule has 2 atom stereocenters. The number of carbonyl (C=O) groups is 2. The summed E-state index contributed by atoms with van der Waals surface area (Å²) in [7, 11) is 1.74. The van der Waals surface area contributed by atoms with Gasteiger partial charge in [-0.05, 0) is 64.5 Å². The number of aliphatic carboxylic acids is 1. The van der Waals surface area contributed by atoms with E-state index in [1.54, 1.807) is 13.1 Å². The fourth-order valence-electron chi connectivity index (χ4n) is 4.56. The van der Waals surface area contributed by atoms with Gasteiger partial charge in [0, 0.05) is 44.4 Å². The van der Waals surface area contributed by atoms with Crippen molar-refractivity contribution in [2.75, 3.05) is 33.3 Å². The van der Waals surface area contributed by atoms with Gasteiger partial charge in [0.05, 0.1) is 11.7 Å². The molecule has 0 saturated heterocycles. The van der Waals surface area contributed by atoms with Crippen molar-refractivity contribution in [3.05, 3.63) is 96.1 Å². The van der Waals surface area contributed by atoms with Gasteiger partial charge in [0.15, 0.2) is 5.76 Å². The monoisotopic (exact) mass is 619 g/mol. The van der Waals surface area contributed by atoms with Crippen molar-refractivity contribution in [2.24, 2.45) is 10.9 Å². The van der Waals surface area contributed by atoms with Crippen LogP contribution in [0.5, 0.6) is 0 Å². The minimum atomic E-state index is -1.06. The first kappa shape index (κ1) is 38.9. The first-order valence-electron chi connectivity index (χ1n) is 15.9. The molecule has 0 spiro atoms. The van der Waals surface area contributed by atoms with Gasteiger partial charge < -0.3 is 24.5 Å². The summed E-state index contributed by atoms with van der Waals surface area (Å²) in [6.07, 6.45) is 24.2. The van der Waals surface area contributed by atoms with E-state index in [2.05, 4.69) is 53.5 Å². The number of hydrogen-bond donors (Lipinski definition) is 2. The number of allylic oxidation sites excluding steroid dienone is 6. The highest BCUT2D eigenvalue weighted by molar-refractivity contribution is 5.95. The molecule has 0 fully saturated rings. The maximum Gasteiger partial charge on any atom is 0.333 e. The van der Waals surface area contributed by atoms with Crippen LogP contribution in [0.3, 0.4) is 0 Å². The predicted octanol–water partition coefficient (Wildman–Crippen LogP) is 7.81. The number of rotatable bonds is 18. The zero-order chi connectivity index (χ0) is 33.6. The molecule has 8 nitrogen and oxygen atoms in total. The Hall–Kier alpha value is -4.17. The first-order chi connectivity index (χ1) is 21.8. The second kappa shape index (κ2) is 22.4. The standard InChI is InChI=1S/C35H47N3O5.C2H6/c1-7-10-11-12-17-28-19-21-29-26(4)33(43-31(29)22-20-28)34(39)37-23-15-18-32(36-6)38(9-3)24-13-14-25-42-30(16-8-2)27(5)35(40)41;1-2/h7-8,10-12,15,18-22,28,30H,2,5,9,13-14,16-17,23-25H2,1,3-4,6H3,(H,37,39)(H,40,41);1-2H3/b10-7-,12-11-,18-15-,36-32?;. The molecule has 1 amide bonds. The van der Waals surface area contributed by atoms with Crippen LogP contribution < -0.4 is 5.32 Å². The molecule has 45 heavy (non-hydrogen) atoms. The van der Waals surface area contributed by atoms with Gasteiger partial charge in [-0.3, -0.25) is 9.79 Å². The third-order valence-corrected chi connectivity index (χ3v) is 7.05. The van der Waals surface area contributed by atoms with Gasteiger partial charge in [0.1, 0.15) is 11.6 Å². The van der Waals surface area contributed by atoms with Gasteiger partial charge in [-0.25, -0.2) is 4.79 Å². The summed E-state index contributed by atoms with van der Waals surface area (Å²) in [5.41, 5.74) is 1.79. The maximum absolute atomic E-state index is 12.9. The second-order valence-electron chi connectivity index (χ2n) is 10.1. The number of carboxylic acids is 1. The van der Waals surface area contributed by atoms with E-state index >= 15 is 0 Å². The summed E-state index contributed by atoms with van der Waals surface area (Å²) in [6, 6.07) is 0. The van der Waals surface area contributed by atoms with Gasteiger partial charge in [-0.2, -0.15) is 0 Å². The molecular weight excluding hydrogens is 566 g/mol. The lowest BCUT2D eigenvalue weighted by molar-refractivity contribution is -0.134. The van der Waals surface area contributed by atoms with Crippen LogP contribution in [0.4, 0.5) is 0 Å². The Labute approximate surface area is 270 Å². The van der Waals surface area contributed by atoms with Crippen molar-refractivity contribution >= 4 is 29.9 Å². The fraction of sp³-hybridized carbons (Fsp3) is 0.432. The SMILES string of the molecule is C=CCC(OCCCCN(CC)C(/C=C\CNC(=O)c1oc2c(c1C)C=CC(C/C=C\C=C/C)C=C2)=NC)C(=C)C(=O)O.CC. The van der Waals surface area contributed by atoms with E-state index in [9.17, 15) is 14.7 Å². The Balaban J connectivity index is 0.00000496. The van der Waals surface area contributed by atoms with Crippen LogP contribution in [-0.4, -0.2) is 67.1 Å². The van der Waals surface area contributed by atoms with Gasteiger partial charge in [-0.1, -0.05) is 75.1 Å². The summed E-state index contributed by atoms with van der Waals surface area (Å²) in [5, 5.41) is 12.1. The number of ether oxygens (including phenoxy) is 1. The van der Waals surface area contributed by atoms with Gasteiger partial charge in [-0.15, -0.1) is 6.58 Å². The molecule has 0 saturated carbocycles. The van der Waals surface area contributed by atoms with E-state index < -0.39 is 12.1 Å². The number of amides is 1. The number of aliphatic imine (C=N–C) groups is 1. The molecule has 2 unspecified atom stereocenters. The average molecular weight is 620 g/mol. The van der Waals surface area contributed by atoms with Crippen LogP contribution in [0.25, 0.3) is 12.2 Å². The number of carboxylic acid groups (broad SMARTS) is 1. The zero-order valence-electron chi connectivity index (χ0n) is 28.1. The Morgan fingerprint density at radius 3 is 2.58 bits per heavy atom. The first-order valence-corrected chi connectivity index (χ1v) is 15.9. The molecular formula is C37H53N3O5. The number of likely N-dealkylation sites (N-methyl/N-ethyl adjacent to an activating group) is 1. The largest absolute Gasteiger partial charge is 0.478 e. The molecule has 0 radical (unpaired) electrons. The molecule has 8 heteroatoms.